The molecule has 0 fully saturated rings. The van der Waals surface area contributed by atoms with Crippen molar-refractivity contribution in [2.24, 2.45) is 5.73 Å². The zero-order valence-electron chi connectivity index (χ0n) is 10.9. The Kier molecular flexibility index (Phi) is 3.37. The standard InChI is InChI=1S/C12H14N4O3/c1-7-11(12(13)17)14-15-16(7)9-6-8(18-2)4-5-10(9)19-3/h4-6H,1-3H3,(H2,13,17). The van der Waals surface area contributed by atoms with E-state index in [1.807, 2.05) is 0 Å². The Balaban J connectivity index is 2.60. The highest BCUT2D eigenvalue weighted by Gasteiger charge is 2.17. The van der Waals surface area contributed by atoms with Crippen molar-refractivity contribution in [1.29, 1.82) is 0 Å². The second-order valence-corrected chi connectivity index (χ2v) is 3.84. The molecular formula is C12H14N4O3. The third-order valence-corrected chi connectivity index (χ3v) is 2.74. The molecule has 0 bridgehead atoms. The summed E-state index contributed by atoms with van der Waals surface area (Å²) in [5.74, 6) is 0.613. The molecule has 0 saturated carbocycles. The summed E-state index contributed by atoms with van der Waals surface area (Å²) in [6.07, 6.45) is 0. The SMILES string of the molecule is COc1ccc(OC)c(-n2nnc(C(N)=O)c2C)c1. The molecule has 2 N–H and O–H groups in total. The summed E-state index contributed by atoms with van der Waals surface area (Å²) in [6.45, 7) is 1.71. The predicted molar refractivity (Wildman–Crippen MR) is 67.7 cm³/mol. The molecule has 1 amide bonds. The summed E-state index contributed by atoms with van der Waals surface area (Å²) < 4.78 is 11.9. The number of methoxy groups -OCH3 is 2. The van der Waals surface area contributed by atoms with Crippen LogP contribution in [0.4, 0.5) is 0 Å². The minimum atomic E-state index is -0.620. The van der Waals surface area contributed by atoms with Gasteiger partial charge in [-0.1, -0.05) is 5.21 Å². The highest BCUT2D eigenvalue weighted by molar-refractivity contribution is 5.91. The number of nitrogens with zero attached hydrogens (tertiary/aromatic N) is 3. The first-order valence-electron chi connectivity index (χ1n) is 5.53. The van der Waals surface area contributed by atoms with Gasteiger partial charge in [-0.2, -0.15) is 0 Å². The molecule has 0 unspecified atom stereocenters. The molecule has 1 heterocycles. The molecule has 2 aromatic rings. The van der Waals surface area contributed by atoms with Crippen LogP contribution in [0.1, 0.15) is 16.2 Å². The fourth-order valence-electron chi connectivity index (χ4n) is 1.75. The van der Waals surface area contributed by atoms with Gasteiger partial charge in [0.25, 0.3) is 5.91 Å². The van der Waals surface area contributed by atoms with E-state index < -0.39 is 5.91 Å². The van der Waals surface area contributed by atoms with Gasteiger partial charge < -0.3 is 15.2 Å². The Bertz CT molecular complexity index is 621. The number of amides is 1. The Morgan fingerprint density at radius 1 is 1.32 bits per heavy atom. The first kappa shape index (κ1) is 12.9. The number of aromatic nitrogens is 3. The first-order valence-corrected chi connectivity index (χ1v) is 5.53. The summed E-state index contributed by atoms with van der Waals surface area (Å²) in [5.41, 5.74) is 6.52. The third-order valence-electron chi connectivity index (χ3n) is 2.74. The highest BCUT2D eigenvalue weighted by atomic mass is 16.5. The maximum Gasteiger partial charge on any atom is 0.271 e. The van der Waals surface area contributed by atoms with Crippen molar-refractivity contribution in [1.82, 2.24) is 15.0 Å². The topological polar surface area (TPSA) is 92.3 Å². The number of ether oxygens (including phenoxy) is 2. The van der Waals surface area contributed by atoms with E-state index in [4.69, 9.17) is 15.2 Å². The largest absolute Gasteiger partial charge is 0.497 e. The summed E-state index contributed by atoms with van der Waals surface area (Å²) in [7, 11) is 3.11. The van der Waals surface area contributed by atoms with Crippen LogP contribution in [-0.4, -0.2) is 35.1 Å². The van der Waals surface area contributed by atoms with E-state index in [0.29, 0.717) is 22.9 Å². The fraction of sp³-hybridized carbons (Fsp3) is 0.250. The van der Waals surface area contributed by atoms with Gasteiger partial charge >= 0.3 is 0 Å². The van der Waals surface area contributed by atoms with E-state index in [1.165, 1.54) is 4.68 Å². The van der Waals surface area contributed by atoms with Crippen molar-refractivity contribution in [2.45, 2.75) is 6.92 Å². The highest BCUT2D eigenvalue weighted by Crippen LogP contribution is 2.28. The number of carbonyl (C=O) groups is 1. The van der Waals surface area contributed by atoms with Gasteiger partial charge in [-0.05, 0) is 19.1 Å². The fourth-order valence-corrected chi connectivity index (χ4v) is 1.75. The van der Waals surface area contributed by atoms with Crippen molar-refractivity contribution in [3.63, 3.8) is 0 Å². The van der Waals surface area contributed by atoms with Crippen LogP contribution in [0.5, 0.6) is 11.5 Å². The molecule has 0 saturated heterocycles. The molecule has 7 nitrogen and oxygen atoms in total. The summed E-state index contributed by atoms with van der Waals surface area (Å²) >= 11 is 0. The van der Waals surface area contributed by atoms with Crippen LogP contribution >= 0.6 is 0 Å². The molecule has 0 atom stereocenters. The Morgan fingerprint density at radius 3 is 2.58 bits per heavy atom. The molecule has 1 aromatic carbocycles. The lowest BCUT2D eigenvalue weighted by Crippen LogP contribution is -2.13. The zero-order valence-corrected chi connectivity index (χ0v) is 10.9. The summed E-state index contributed by atoms with van der Waals surface area (Å²) in [4.78, 5) is 11.2. The average molecular weight is 262 g/mol. The van der Waals surface area contributed by atoms with Gasteiger partial charge in [0.15, 0.2) is 5.69 Å². The van der Waals surface area contributed by atoms with Crippen LogP contribution in [0.15, 0.2) is 18.2 Å². The molecule has 0 aliphatic carbocycles. The number of nitrogens with two attached hydrogens (primary N) is 1. The molecule has 7 heteroatoms. The summed E-state index contributed by atoms with van der Waals surface area (Å²) in [6, 6.07) is 5.26. The molecule has 0 aliphatic heterocycles. The average Bonchev–Trinajstić information content (AvgIpc) is 2.79. The van der Waals surface area contributed by atoms with Gasteiger partial charge in [0.05, 0.1) is 19.9 Å². The molecular weight excluding hydrogens is 248 g/mol. The third kappa shape index (κ3) is 2.22. The van der Waals surface area contributed by atoms with Gasteiger partial charge in [-0.15, -0.1) is 5.10 Å². The van der Waals surface area contributed by atoms with Crippen LogP contribution < -0.4 is 15.2 Å². The number of hydrogen-bond acceptors (Lipinski definition) is 5. The maximum absolute atomic E-state index is 11.2. The second kappa shape index (κ2) is 4.97. The Labute approximate surface area is 109 Å². The Morgan fingerprint density at radius 2 is 2.05 bits per heavy atom. The van der Waals surface area contributed by atoms with E-state index in [1.54, 1.807) is 39.3 Å². The minimum absolute atomic E-state index is 0.130. The lowest BCUT2D eigenvalue weighted by Gasteiger charge is -2.11. The van der Waals surface area contributed by atoms with Crippen LogP contribution in [0.3, 0.4) is 0 Å². The molecule has 1 aromatic heterocycles. The van der Waals surface area contributed by atoms with Gasteiger partial charge in [-0.25, -0.2) is 4.68 Å². The maximum atomic E-state index is 11.2. The van der Waals surface area contributed by atoms with E-state index in [0.717, 1.165) is 0 Å². The van der Waals surface area contributed by atoms with E-state index in [-0.39, 0.29) is 5.69 Å². The number of rotatable bonds is 4. The van der Waals surface area contributed by atoms with Gasteiger partial charge in [-0.3, -0.25) is 4.79 Å². The monoisotopic (exact) mass is 262 g/mol. The predicted octanol–water partition coefficient (Wildman–Crippen LogP) is 0.692. The van der Waals surface area contributed by atoms with Crippen LogP contribution in [0, 0.1) is 6.92 Å². The van der Waals surface area contributed by atoms with Crippen molar-refractivity contribution >= 4 is 5.91 Å². The minimum Gasteiger partial charge on any atom is -0.497 e. The Hall–Kier alpha value is -2.57. The lowest BCUT2D eigenvalue weighted by molar-refractivity contribution is 0.0995. The van der Waals surface area contributed by atoms with E-state index >= 15 is 0 Å². The quantitative estimate of drug-likeness (QED) is 0.875. The van der Waals surface area contributed by atoms with Crippen molar-refractivity contribution in [2.75, 3.05) is 14.2 Å². The number of primary amides is 1. The molecule has 0 radical (unpaired) electrons. The molecule has 2 rings (SSSR count). The number of hydrogen-bond donors (Lipinski definition) is 1. The zero-order chi connectivity index (χ0) is 14.0. The molecule has 0 aliphatic rings. The second-order valence-electron chi connectivity index (χ2n) is 3.84. The number of carbonyl (C=O) groups excluding carboxylic acids is 1. The molecule has 100 valence electrons. The van der Waals surface area contributed by atoms with Crippen LogP contribution in [0.25, 0.3) is 5.69 Å². The van der Waals surface area contributed by atoms with Crippen LogP contribution in [-0.2, 0) is 0 Å². The van der Waals surface area contributed by atoms with Gasteiger partial charge in [0.1, 0.15) is 17.2 Å². The van der Waals surface area contributed by atoms with Gasteiger partial charge in [0, 0.05) is 6.07 Å². The van der Waals surface area contributed by atoms with Crippen molar-refractivity contribution in [3.8, 4) is 17.2 Å². The van der Waals surface area contributed by atoms with E-state index in [2.05, 4.69) is 10.3 Å². The summed E-state index contributed by atoms with van der Waals surface area (Å²) in [5, 5.41) is 7.69. The van der Waals surface area contributed by atoms with Crippen molar-refractivity contribution < 1.29 is 14.3 Å². The molecule has 0 spiro atoms. The smallest absolute Gasteiger partial charge is 0.271 e. The van der Waals surface area contributed by atoms with Crippen LogP contribution in [0.2, 0.25) is 0 Å². The normalized spacial score (nSPS) is 10.3. The lowest BCUT2D eigenvalue weighted by atomic mass is 10.2. The van der Waals surface area contributed by atoms with Gasteiger partial charge in [0.2, 0.25) is 0 Å². The molecule has 19 heavy (non-hydrogen) atoms. The van der Waals surface area contributed by atoms with E-state index in [9.17, 15) is 4.79 Å². The first-order chi connectivity index (χ1) is 9.08. The number of benzene rings is 1. The van der Waals surface area contributed by atoms with Crippen molar-refractivity contribution in [3.05, 3.63) is 29.6 Å².